The van der Waals surface area contributed by atoms with Crippen LogP contribution in [0.1, 0.15) is 22.5 Å². The van der Waals surface area contributed by atoms with Crippen LogP contribution in [0, 0.1) is 0 Å². The normalized spacial score (nSPS) is 10.6. The SMILES string of the molecule is O=C(Cc1ccc(Oc2nc(Cc3ccccc3)ns2)cc1)NCCc1ccccc1. The lowest BCUT2D eigenvalue weighted by Gasteiger charge is -2.06. The van der Waals surface area contributed by atoms with Crippen molar-refractivity contribution in [1.29, 1.82) is 0 Å². The van der Waals surface area contributed by atoms with Crippen molar-refractivity contribution in [2.45, 2.75) is 19.3 Å². The summed E-state index contributed by atoms with van der Waals surface area (Å²) in [6, 6.07) is 27.7. The number of rotatable bonds is 9. The molecule has 1 N–H and O–H groups in total. The summed E-state index contributed by atoms with van der Waals surface area (Å²) < 4.78 is 10.2. The molecular formula is C25H23N3O2S. The fourth-order valence-corrected chi connectivity index (χ4v) is 3.71. The zero-order chi connectivity index (χ0) is 21.3. The van der Waals surface area contributed by atoms with Crippen LogP contribution >= 0.6 is 11.5 Å². The quantitative estimate of drug-likeness (QED) is 0.414. The van der Waals surface area contributed by atoms with E-state index >= 15 is 0 Å². The summed E-state index contributed by atoms with van der Waals surface area (Å²) in [5.74, 6) is 1.44. The van der Waals surface area contributed by atoms with Crippen molar-refractivity contribution >= 4 is 17.4 Å². The van der Waals surface area contributed by atoms with Gasteiger partial charge in [0.1, 0.15) is 5.75 Å². The maximum absolute atomic E-state index is 12.2. The Bertz CT molecular complexity index is 1100. The zero-order valence-corrected chi connectivity index (χ0v) is 17.8. The molecule has 1 heterocycles. The van der Waals surface area contributed by atoms with Gasteiger partial charge >= 0.3 is 0 Å². The second kappa shape index (κ2) is 10.5. The Kier molecular flexibility index (Phi) is 7.03. The molecule has 5 nitrogen and oxygen atoms in total. The summed E-state index contributed by atoms with van der Waals surface area (Å²) in [5, 5.41) is 3.48. The van der Waals surface area contributed by atoms with Gasteiger partial charge in [-0.1, -0.05) is 72.8 Å². The van der Waals surface area contributed by atoms with E-state index in [-0.39, 0.29) is 5.91 Å². The number of nitrogens with zero attached hydrogens (tertiary/aromatic N) is 2. The number of benzene rings is 3. The van der Waals surface area contributed by atoms with E-state index in [1.54, 1.807) is 0 Å². The highest BCUT2D eigenvalue weighted by Crippen LogP contribution is 2.24. The third kappa shape index (κ3) is 6.49. The van der Waals surface area contributed by atoms with E-state index in [4.69, 9.17) is 4.74 Å². The Labute approximate surface area is 185 Å². The molecule has 0 fully saturated rings. The summed E-state index contributed by atoms with van der Waals surface area (Å²) in [6.07, 6.45) is 1.85. The minimum Gasteiger partial charge on any atom is -0.430 e. The lowest BCUT2D eigenvalue weighted by Crippen LogP contribution is -2.27. The first-order valence-corrected chi connectivity index (χ1v) is 11.0. The molecule has 31 heavy (non-hydrogen) atoms. The van der Waals surface area contributed by atoms with Gasteiger partial charge in [-0.05, 0) is 35.2 Å². The molecule has 1 aromatic heterocycles. The van der Waals surface area contributed by atoms with E-state index in [9.17, 15) is 4.79 Å². The Morgan fingerprint density at radius 2 is 1.52 bits per heavy atom. The smallest absolute Gasteiger partial charge is 0.298 e. The molecule has 3 aromatic carbocycles. The first-order valence-electron chi connectivity index (χ1n) is 10.2. The van der Waals surface area contributed by atoms with Gasteiger partial charge in [-0.2, -0.15) is 9.36 Å². The lowest BCUT2D eigenvalue weighted by molar-refractivity contribution is -0.120. The van der Waals surface area contributed by atoms with Gasteiger partial charge in [0.15, 0.2) is 5.82 Å². The molecule has 0 radical (unpaired) electrons. The lowest BCUT2D eigenvalue weighted by atomic mass is 10.1. The third-order valence-electron chi connectivity index (χ3n) is 4.73. The van der Waals surface area contributed by atoms with Crippen molar-refractivity contribution in [3.63, 3.8) is 0 Å². The third-order valence-corrected chi connectivity index (χ3v) is 5.36. The molecule has 6 heteroatoms. The van der Waals surface area contributed by atoms with Gasteiger partial charge < -0.3 is 10.1 Å². The van der Waals surface area contributed by atoms with Crippen molar-refractivity contribution in [3.05, 3.63) is 107 Å². The molecule has 0 spiro atoms. The Balaban J connectivity index is 1.24. The van der Waals surface area contributed by atoms with Crippen LogP contribution in [0.15, 0.2) is 84.9 Å². The molecule has 0 saturated carbocycles. The topological polar surface area (TPSA) is 64.1 Å². The first kappa shape index (κ1) is 20.8. The molecule has 0 bridgehead atoms. The molecule has 0 unspecified atom stereocenters. The molecule has 0 aliphatic heterocycles. The summed E-state index contributed by atoms with van der Waals surface area (Å²) >= 11 is 1.24. The molecule has 0 saturated heterocycles. The molecule has 0 aliphatic rings. The molecule has 156 valence electrons. The number of hydrogen-bond donors (Lipinski definition) is 1. The minimum absolute atomic E-state index is 0.0132. The van der Waals surface area contributed by atoms with Gasteiger partial charge in [-0.25, -0.2) is 0 Å². The van der Waals surface area contributed by atoms with Crippen molar-refractivity contribution in [2.75, 3.05) is 6.54 Å². The number of carbonyl (C=O) groups is 1. The molecule has 4 rings (SSSR count). The summed E-state index contributed by atoms with van der Waals surface area (Å²) in [5.41, 5.74) is 3.32. The van der Waals surface area contributed by atoms with E-state index in [0.717, 1.165) is 17.8 Å². The average molecular weight is 430 g/mol. The van der Waals surface area contributed by atoms with Crippen LogP contribution in [0.4, 0.5) is 0 Å². The van der Waals surface area contributed by atoms with Gasteiger partial charge in [-0.15, -0.1) is 0 Å². The van der Waals surface area contributed by atoms with Gasteiger partial charge in [0.05, 0.1) is 6.42 Å². The zero-order valence-electron chi connectivity index (χ0n) is 17.0. The van der Waals surface area contributed by atoms with Crippen molar-refractivity contribution in [3.8, 4) is 10.9 Å². The van der Waals surface area contributed by atoms with Crippen molar-refractivity contribution in [1.82, 2.24) is 14.7 Å². The molecule has 4 aromatic rings. The van der Waals surface area contributed by atoms with E-state index < -0.39 is 0 Å². The molecule has 0 aliphatic carbocycles. The fourth-order valence-electron chi connectivity index (χ4n) is 3.14. The van der Waals surface area contributed by atoms with Crippen LogP contribution in [0.5, 0.6) is 10.9 Å². The molecular weight excluding hydrogens is 406 g/mol. The van der Waals surface area contributed by atoms with Crippen molar-refractivity contribution in [2.24, 2.45) is 0 Å². The number of amides is 1. The van der Waals surface area contributed by atoms with Crippen LogP contribution in [-0.2, 0) is 24.1 Å². The average Bonchev–Trinajstić information content (AvgIpc) is 3.23. The maximum Gasteiger partial charge on any atom is 0.298 e. The van der Waals surface area contributed by atoms with Crippen LogP contribution < -0.4 is 10.1 Å². The highest BCUT2D eigenvalue weighted by Gasteiger charge is 2.08. The first-order chi connectivity index (χ1) is 15.2. The predicted octanol–water partition coefficient (Wildman–Crippen LogP) is 4.82. The number of carbonyl (C=O) groups excluding carboxylic acids is 1. The fraction of sp³-hybridized carbons (Fsp3) is 0.160. The summed E-state index contributed by atoms with van der Waals surface area (Å²) in [6.45, 7) is 0.631. The van der Waals surface area contributed by atoms with E-state index in [1.165, 1.54) is 22.7 Å². The Morgan fingerprint density at radius 1 is 0.839 bits per heavy atom. The maximum atomic E-state index is 12.2. The van der Waals surface area contributed by atoms with E-state index in [1.807, 2.05) is 60.7 Å². The summed E-state index contributed by atoms with van der Waals surface area (Å²) in [7, 11) is 0. The number of aromatic nitrogens is 2. The second-order valence-electron chi connectivity index (χ2n) is 7.15. The highest BCUT2D eigenvalue weighted by atomic mass is 32.1. The van der Waals surface area contributed by atoms with Crippen LogP contribution in [0.2, 0.25) is 0 Å². The van der Waals surface area contributed by atoms with Crippen LogP contribution in [0.3, 0.4) is 0 Å². The van der Waals surface area contributed by atoms with Gasteiger partial charge in [0, 0.05) is 24.5 Å². The molecule has 0 atom stereocenters. The highest BCUT2D eigenvalue weighted by molar-refractivity contribution is 7.07. The Morgan fingerprint density at radius 3 is 2.23 bits per heavy atom. The Hall–Kier alpha value is -3.51. The number of nitrogens with one attached hydrogen (secondary N) is 1. The van der Waals surface area contributed by atoms with Gasteiger partial charge in [-0.3, -0.25) is 4.79 Å². The minimum atomic E-state index is 0.0132. The summed E-state index contributed by atoms with van der Waals surface area (Å²) in [4.78, 5) is 16.6. The van der Waals surface area contributed by atoms with Gasteiger partial charge in [0.25, 0.3) is 5.19 Å². The van der Waals surface area contributed by atoms with Crippen LogP contribution in [-0.4, -0.2) is 21.8 Å². The van der Waals surface area contributed by atoms with E-state index in [2.05, 4.69) is 38.9 Å². The predicted molar refractivity (Wildman–Crippen MR) is 123 cm³/mol. The van der Waals surface area contributed by atoms with Crippen LogP contribution in [0.25, 0.3) is 0 Å². The number of ether oxygens (including phenoxy) is 1. The van der Waals surface area contributed by atoms with E-state index in [0.29, 0.717) is 30.3 Å². The second-order valence-corrected chi connectivity index (χ2v) is 7.86. The monoisotopic (exact) mass is 429 g/mol. The van der Waals surface area contributed by atoms with Crippen molar-refractivity contribution < 1.29 is 9.53 Å². The standard InChI is InChI=1S/C25H23N3O2S/c29-24(26-16-15-19-7-3-1-4-8-19)18-21-11-13-22(14-12-21)30-25-27-23(28-31-25)17-20-9-5-2-6-10-20/h1-14H,15-18H2,(H,26,29). The van der Waals surface area contributed by atoms with Gasteiger partial charge in [0.2, 0.25) is 5.91 Å². The number of hydrogen-bond acceptors (Lipinski definition) is 5. The molecule has 1 amide bonds. The largest absolute Gasteiger partial charge is 0.430 e.